The molecule has 2 heterocycles. The van der Waals surface area contributed by atoms with E-state index in [1.165, 1.54) is 19.3 Å². The summed E-state index contributed by atoms with van der Waals surface area (Å²) in [6.45, 7) is 2.13. The van der Waals surface area contributed by atoms with Crippen LogP contribution in [-0.4, -0.2) is 62.2 Å². The second-order valence-corrected chi connectivity index (χ2v) is 11.7. The number of hydrogen-bond acceptors (Lipinski definition) is 4. The molecule has 2 amide bonds. The number of carbonyl (C=O) groups is 2. The maximum Gasteiger partial charge on any atom is 0.243 e. The quantitative estimate of drug-likeness (QED) is 0.628. The van der Waals surface area contributed by atoms with Gasteiger partial charge in [0.1, 0.15) is 0 Å². The molecule has 0 bridgehead atoms. The number of likely N-dealkylation sites (tertiary alicyclic amines) is 1. The number of nitrogens with zero attached hydrogens (tertiary/aromatic N) is 3. The van der Waals surface area contributed by atoms with Crippen LogP contribution in [0.1, 0.15) is 76.2 Å². The third-order valence-electron chi connectivity index (χ3n) is 7.52. The number of hydrogen-bond donors (Lipinski definition) is 0. The molecule has 182 valence electrons. The Bertz CT molecular complexity index is 964. The monoisotopic (exact) mass is 475 g/mol. The Morgan fingerprint density at radius 3 is 2.24 bits per heavy atom. The molecule has 8 heteroatoms. The number of anilines is 1. The minimum atomic E-state index is -3.56. The lowest BCUT2D eigenvalue weighted by atomic mass is 9.96. The zero-order chi connectivity index (χ0) is 23.4. The molecular formula is C25H37N3O4S. The smallest absolute Gasteiger partial charge is 0.243 e. The van der Waals surface area contributed by atoms with E-state index in [4.69, 9.17) is 0 Å². The van der Waals surface area contributed by atoms with Gasteiger partial charge in [0.2, 0.25) is 21.8 Å². The maximum atomic E-state index is 13.2. The average molecular weight is 476 g/mol. The Hall–Kier alpha value is -1.93. The highest BCUT2D eigenvalue weighted by Crippen LogP contribution is 2.33. The summed E-state index contributed by atoms with van der Waals surface area (Å²) in [5, 5.41) is 0. The van der Waals surface area contributed by atoms with Crippen molar-refractivity contribution in [2.24, 2.45) is 0 Å². The van der Waals surface area contributed by atoms with Crippen LogP contribution in [0.3, 0.4) is 0 Å². The number of rotatable bonds is 6. The van der Waals surface area contributed by atoms with Gasteiger partial charge in [-0.1, -0.05) is 32.1 Å². The van der Waals surface area contributed by atoms with Crippen molar-refractivity contribution in [3.8, 4) is 0 Å². The fraction of sp³-hybridized carbons (Fsp3) is 0.680. The maximum absolute atomic E-state index is 13.2. The molecule has 0 atom stereocenters. The minimum Gasteiger partial charge on any atom is -0.343 e. The highest BCUT2D eigenvalue weighted by molar-refractivity contribution is 7.89. The molecule has 2 aliphatic heterocycles. The van der Waals surface area contributed by atoms with Gasteiger partial charge in [-0.25, -0.2) is 8.42 Å². The van der Waals surface area contributed by atoms with Crippen molar-refractivity contribution in [3.63, 3.8) is 0 Å². The second kappa shape index (κ2) is 10.6. The molecule has 1 saturated carbocycles. The predicted molar refractivity (Wildman–Crippen MR) is 129 cm³/mol. The Kier molecular flexibility index (Phi) is 7.74. The highest BCUT2D eigenvalue weighted by atomic mass is 32.2. The second-order valence-electron chi connectivity index (χ2n) is 9.69. The fourth-order valence-electron chi connectivity index (χ4n) is 5.43. The molecule has 1 aliphatic carbocycles. The van der Waals surface area contributed by atoms with Crippen molar-refractivity contribution in [2.75, 3.05) is 31.6 Å². The Morgan fingerprint density at radius 1 is 0.909 bits per heavy atom. The van der Waals surface area contributed by atoms with Crippen molar-refractivity contribution in [1.82, 2.24) is 9.21 Å². The Labute approximate surface area is 198 Å². The van der Waals surface area contributed by atoms with Crippen molar-refractivity contribution in [2.45, 2.75) is 88.0 Å². The Balaban J connectivity index is 1.39. The summed E-state index contributed by atoms with van der Waals surface area (Å²) in [7, 11) is -1.86. The van der Waals surface area contributed by atoms with Gasteiger partial charge >= 0.3 is 0 Å². The van der Waals surface area contributed by atoms with Gasteiger partial charge in [0.05, 0.1) is 4.90 Å². The van der Waals surface area contributed by atoms with E-state index >= 15 is 0 Å². The van der Waals surface area contributed by atoms with E-state index in [1.54, 1.807) is 34.5 Å². The summed E-state index contributed by atoms with van der Waals surface area (Å²) in [6, 6.07) is 5.19. The van der Waals surface area contributed by atoms with Crippen LogP contribution in [0, 0.1) is 0 Å². The predicted octanol–water partition coefficient (Wildman–Crippen LogP) is 3.71. The van der Waals surface area contributed by atoms with Gasteiger partial charge in [0.15, 0.2) is 0 Å². The molecule has 0 radical (unpaired) electrons. The van der Waals surface area contributed by atoms with Gasteiger partial charge in [0.25, 0.3) is 0 Å². The highest BCUT2D eigenvalue weighted by Gasteiger charge is 2.32. The van der Waals surface area contributed by atoms with Crippen LogP contribution in [0.15, 0.2) is 23.1 Å². The summed E-state index contributed by atoms with van der Waals surface area (Å²) in [4.78, 5) is 29.4. The van der Waals surface area contributed by atoms with Crippen LogP contribution in [0.5, 0.6) is 0 Å². The van der Waals surface area contributed by atoms with E-state index in [1.807, 2.05) is 4.90 Å². The first-order chi connectivity index (χ1) is 15.9. The first-order valence-corrected chi connectivity index (χ1v) is 14.0. The summed E-state index contributed by atoms with van der Waals surface area (Å²) < 4.78 is 27.9. The summed E-state index contributed by atoms with van der Waals surface area (Å²) >= 11 is 0. The number of carbonyl (C=O) groups excluding carboxylic acids is 2. The number of fused-ring (bicyclic) bond motifs is 1. The van der Waals surface area contributed by atoms with Crippen LogP contribution in [-0.2, 0) is 26.0 Å². The third kappa shape index (κ3) is 5.43. The van der Waals surface area contributed by atoms with Gasteiger partial charge < -0.3 is 9.80 Å². The summed E-state index contributed by atoms with van der Waals surface area (Å²) in [5.74, 6) is 0.00344. The molecule has 0 spiro atoms. The number of amides is 2. The molecule has 33 heavy (non-hydrogen) atoms. The molecular weight excluding hydrogens is 438 g/mol. The van der Waals surface area contributed by atoms with Gasteiger partial charge in [0, 0.05) is 51.3 Å². The minimum absolute atomic E-state index is 0.0631. The molecule has 0 N–H and O–H groups in total. The number of benzene rings is 1. The lowest BCUT2D eigenvalue weighted by molar-refractivity contribution is -0.133. The standard InChI is InChI=1S/C25H37N3O4S/c1-26(21-9-5-4-6-10-21)33(31,32)22-11-12-23-20(19-22)15-18-28(23)25(30)14-13-24(29)27-16-7-2-3-8-17-27/h11-12,19,21H,2-10,13-18H2,1H3. The molecule has 3 aliphatic rings. The van der Waals surface area contributed by atoms with Crippen molar-refractivity contribution in [3.05, 3.63) is 23.8 Å². The first-order valence-electron chi connectivity index (χ1n) is 12.6. The first kappa shape index (κ1) is 24.2. The molecule has 1 aromatic carbocycles. The molecule has 1 saturated heterocycles. The van der Waals surface area contributed by atoms with Gasteiger partial charge in [-0.15, -0.1) is 0 Å². The van der Waals surface area contributed by atoms with E-state index in [-0.39, 0.29) is 30.7 Å². The SMILES string of the molecule is CN(C1CCCCC1)S(=O)(=O)c1ccc2c(c1)CCN2C(=O)CCC(=O)N1CCCCCC1. The fourth-order valence-corrected chi connectivity index (χ4v) is 6.90. The molecule has 1 aromatic rings. The van der Waals surface area contributed by atoms with Crippen molar-refractivity contribution < 1.29 is 18.0 Å². The topological polar surface area (TPSA) is 78.0 Å². The normalized spacial score (nSPS) is 20.1. The van der Waals surface area contributed by atoms with Crippen LogP contribution in [0.2, 0.25) is 0 Å². The molecule has 4 rings (SSSR count). The van der Waals surface area contributed by atoms with Crippen molar-refractivity contribution in [1.29, 1.82) is 0 Å². The summed E-state index contributed by atoms with van der Waals surface area (Å²) in [6.07, 6.45) is 10.6. The van der Waals surface area contributed by atoms with E-state index in [9.17, 15) is 18.0 Å². The van der Waals surface area contributed by atoms with Crippen LogP contribution in [0.25, 0.3) is 0 Å². The van der Waals surface area contributed by atoms with E-state index in [0.717, 1.165) is 62.9 Å². The zero-order valence-corrected chi connectivity index (χ0v) is 20.6. The largest absolute Gasteiger partial charge is 0.343 e. The van der Waals surface area contributed by atoms with Crippen molar-refractivity contribution >= 4 is 27.5 Å². The zero-order valence-electron chi connectivity index (χ0n) is 19.8. The van der Waals surface area contributed by atoms with E-state index < -0.39 is 10.0 Å². The molecule has 0 aromatic heterocycles. The van der Waals surface area contributed by atoms with Gasteiger partial charge in [-0.05, 0) is 55.9 Å². The van der Waals surface area contributed by atoms with E-state index in [0.29, 0.717) is 17.9 Å². The van der Waals surface area contributed by atoms with Gasteiger partial charge in [-0.2, -0.15) is 4.31 Å². The molecule has 7 nitrogen and oxygen atoms in total. The van der Waals surface area contributed by atoms with E-state index in [2.05, 4.69) is 0 Å². The Morgan fingerprint density at radius 2 is 1.55 bits per heavy atom. The van der Waals surface area contributed by atoms with Crippen LogP contribution in [0.4, 0.5) is 5.69 Å². The number of sulfonamides is 1. The summed E-state index contributed by atoms with van der Waals surface area (Å²) in [5.41, 5.74) is 1.67. The molecule has 2 fully saturated rings. The lowest BCUT2D eigenvalue weighted by Crippen LogP contribution is -2.38. The van der Waals surface area contributed by atoms with Crippen LogP contribution < -0.4 is 4.90 Å². The molecule has 0 unspecified atom stereocenters. The lowest BCUT2D eigenvalue weighted by Gasteiger charge is -2.30. The third-order valence-corrected chi connectivity index (χ3v) is 9.43. The van der Waals surface area contributed by atoms with Crippen LogP contribution >= 0.6 is 0 Å². The average Bonchev–Trinajstić information content (AvgIpc) is 3.06. The van der Waals surface area contributed by atoms with Gasteiger partial charge in [-0.3, -0.25) is 9.59 Å².